The van der Waals surface area contributed by atoms with E-state index >= 15 is 0 Å². The highest BCUT2D eigenvalue weighted by Crippen LogP contribution is 2.31. The van der Waals surface area contributed by atoms with Crippen LogP contribution in [0.15, 0.2) is 24.0 Å². The van der Waals surface area contributed by atoms with Crippen LogP contribution in [-0.4, -0.2) is 18.9 Å². The number of fused-ring (bicyclic) bond motifs is 1. The predicted molar refractivity (Wildman–Crippen MR) is 77.0 cm³/mol. The van der Waals surface area contributed by atoms with Gasteiger partial charge in [0.25, 0.3) is 0 Å². The third-order valence-corrected chi connectivity index (χ3v) is 3.75. The third-order valence-electron chi connectivity index (χ3n) is 3.75. The summed E-state index contributed by atoms with van der Waals surface area (Å²) >= 11 is 0. The number of carbonyl (C=O) groups excluding carboxylic acids is 1. The first-order valence-electron chi connectivity index (χ1n) is 6.76. The van der Waals surface area contributed by atoms with Crippen LogP contribution in [0.4, 0.5) is 10.1 Å². The van der Waals surface area contributed by atoms with Gasteiger partial charge in [-0.15, -0.1) is 0 Å². The summed E-state index contributed by atoms with van der Waals surface area (Å²) in [7, 11) is 0. The van der Waals surface area contributed by atoms with Gasteiger partial charge < -0.3 is 4.90 Å². The maximum atomic E-state index is 13.3. The summed E-state index contributed by atoms with van der Waals surface area (Å²) in [5.41, 5.74) is 3.70. The van der Waals surface area contributed by atoms with Gasteiger partial charge in [-0.1, -0.05) is 6.07 Å². The molecule has 2 nitrogen and oxygen atoms in total. The largest absolute Gasteiger partial charge is 0.369 e. The molecule has 0 bridgehead atoms. The molecule has 0 radical (unpaired) electrons. The molecule has 0 saturated heterocycles. The molecule has 102 valence electrons. The minimum absolute atomic E-state index is 0.273. The van der Waals surface area contributed by atoms with Crippen molar-refractivity contribution in [2.24, 2.45) is 0 Å². The number of anilines is 1. The lowest BCUT2D eigenvalue weighted by molar-refractivity contribution is -0.106. The zero-order valence-electron chi connectivity index (χ0n) is 11.7. The Bertz CT molecular complexity index is 519. The molecule has 0 spiro atoms. The molecule has 0 fully saturated rings. The Morgan fingerprint density at radius 3 is 2.79 bits per heavy atom. The van der Waals surface area contributed by atoms with Gasteiger partial charge in [0.15, 0.2) is 12.1 Å². The van der Waals surface area contributed by atoms with Gasteiger partial charge >= 0.3 is 0 Å². The van der Waals surface area contributed by atoms with Gasteiger partial charge in [0, 0.05) is 18.3 Å². The normalized spacial score (nSPS) is 16.2. The van der Waals surface area contributed by atoms with Crippen molar-refractivity contribution in [3.05, 3.63) is 35.2 Å². The molecule has 3 heteroatoms. The fraction of sp³-hybridized carbons (Fsp3) is 0.438. The summed E-state index contributed by atoms with van der Waals surface area (Å²) < 4.78 is 13.3. The van der Waals surface area contributed by atoms with E-state index in [0.29, 0.717) is 11.6 Å². The fourth-order valence-electron chi connectivity index (χ4n) is 2.62. The van der Waals surface area contributed by atoms with Gasteiger partial charge in [-0.25, -0.2) is 4.39 Å². The molecule has 1 heterocycles. The Labute approximate surface area is 113 Å². The lowest BCUT2D eigenvalue weighted by Crippen LogP contribution is -2.35. The van der Waals surface area contributed by atoms with Gasteiger partial charge in [0.1, 0.15) is 0 Å². The Morgan fingerprint density at radius 1 is 1.42 bits per heavy atom. The number of rotatable bonds is 3. The zero-order chi connectivity index (χ0) is 14.0. The number of aryl methyl sites for hydroxylation is 1. The smallest absolute Gasteiger partial charge is 0.178 e. The number of aldehydes is 1. The highest BCUT2D eigenvalue weighted by atomic mass is 19.1. The Morgan fingerprint density at radius 2 is 2.16 bits per heavy atom. The number of halogens is 1. The topological polar surface area (TPSA) is 20.3 Å². The molecule has 0 unspecified atom stereocenters. The number of hydrogen-bond donors (Lipinski definition) is 0. The second kappa shape index (κ2) is 5.55. The van der Waals surface area contributed by atoms with E-state index in [1.54, 1.807) is 6.92 Å². The lowest BCUT2D eigenvalue weighted by atomic mass is 9.95. The van der Waals surface area contributed by atoms with E-state index in [1.165, 1.54) is 11.3 Å². The molecule has 1 aromatic rings. The molecule has 0 amide bonds. The summed E-state index contributed by atoms with van der Waals surface area (Å²) in [5, 5.41) is 0. The van der Waals surface area contributed by atoms with Gasteiger partial charge in [0.05, 0.1) is 0 Å². The van der Waals surface area contributed by atoms with Crippen molar-refractivity contribution in [3.8, 4) is 0 Å². The van der Waals surface area contributed by atoms with E-state index in [2.05, 4.69) is 18.7 Å². The van der Waals surface area contributed by atoms with Crippen LogP contribution in [0, 0.1) is 0 Å². The van der Waals surface area contributed by atoms with Crippen LogP contribution in [0.5, 0.6) is 0 Å². The maximum Gasteiger partial charge on any atom is 0.178 e. The minimum Gasteiger partial charge on any atom is -0.369 e. The highest BCUT2D eigenvalue weighted by Gasteiger charge is 2.19. The Hall–Kier alpha value is -1.64. The maximum absolute atomic E-state index is 13.3. The molecule has 19 heavy (non-hydrogen) atoms. The molecular formula is C16H20FNO. The van der Waals surface area contributed by atoms with Crippen molar-refractivity contribution in [2.75, 3.05) is 11.4 Å². The van der Waals surface area contributed by atoms with E-state index in [4.69, 9.17) is 0 Å². The van der Waals surface area contributed by atoms with Crippen molar-refractivity contribution in [3.63, 3.8) is 0 Å². The van der Waals surface area contributed by atoms with Crippen LogP contribution in [0.3, 0.4) is 0 Å². The van der Waals surface area contributed by atoms with Crippen molar-refractivity contribution < 1.29 is 9.18 Å². The SMILES string of the molecule is C/C(=C(\F)C=O)c1ccc2c(c1)CCCN2C(C)C. The lowest BCUT2D eigenvalue weighted by Gasteiger charge is -2.35. The van der Waals surface area contributed by atoms with Gasteiger partial charge in [-0.05, 0) is 62.4 Å². The van der Waals surface area contributed by atoms with Crippen molar-refractivity contribution in [2.45, 2.75) is 39.7 Å². The first kappa shape index (κ1) is 13.8. The minimum atomic E-state index is -0.684. The molecule has 0 N–H and O–H groups in total. The second-order valence-corrected chi connectivity index (χ2v) is 5.32. The van der Waals surface area contributed by atoms with E-state index < -0.39 is 5.83 Å². The van der Waals surface area contributed by atoms with Gasteiger partial charge in [0.2, 0.25) is 0 Å². The molecule has 0 atom stereocenters. The van der Waals surface area contributed by atoms with E-state index in [0.717, 1.165) is 24.9 Å². The van der Waals surface area contributed by atoms with Crippen LogP contribution in [0.1, 0.15) is 38.3 Å². The fourth-order valence-corrected chi connectivity index (χ4v) is 2.62. The third kappa shape index (κ3) is 2.70. The Kier molecular flexibility index (Phi) is 4.03. The number of nitrogens with zero attached hydrogens (tertiary/aromatic N) is 1. The van der Waals surface area contributed by atoms with Crippen LogP contribution < -0.4 is 4.90 Å². The van der Waals surface area contributed by atoms with E-state index in [9.17, 15) is 9.18 Å². The van der Waals surface area contributed by atoms with Crippen LogP contribution in [-0.2, 0) is 11.2 Å². The summed E-state index contributed by atoms with van der Waals surface area (Å²) in [6, 6.07) is 6.43. The van der Waals surface area contributed by atoms with E-state index in [1.807, 2.05) is 18.2 Å². The first-order chi connectivity index (χ1) is 9.04. The monoisotopic (exact) mass is 261 g/mol. The molecule has 1 aliphatic rings. The van der Waals surface area contributed by atoms with Gasteiger partial charge in [-0.2, -0.15) is 0 Å². The number of benzene rings is 1. The molecular weight excluding hydrogens is 241 g/mol. The number of hydrogen-bond acceptors (Lipinski definition) is 2. The summed E-state index contributed by atoms with van der Waals surface area (Å²) in [4.78, 5) is 12.9. The molecule has 0 saturated carbocycles. The summed E-state index contributed by atoms with van der Waals surface area (Å²) in [5.74, 6) is -0.684. The van der Waals surface area contributed by atoms with Gasteiger partial charge in [-0.3, -0.25) is 4.79 Å². The standard InChI is InChI=1S/C16H20FNO/c1-11(2)18-8-4-5-14-9-13(6-7-16(14)18)12(3)15(17)10-19/h6-7,9-11H,4-5,8H2,1-3H3/b15-12+. The predicted octanol–water partition coefficient (Wildman–Crippen LogP) is 3.75. The summed E-state index contributed by atoms with van der Waals surface area (Å²) in [6.45, 7) is 7.08. The van der Waals surface area contributed by atoms with Crippen LogP contribution in [0.25, 0.3) is 5.57 Å². The molecule has 0 aliphatic carbocycles. The second-order valence-electron chi connectivity index (χ2n) is 5.32. The summed E-state index contributed by atoms with van der Waals surface area (Å²) in [6.07, 6.45) is 2.41. The quantitative estimate of drug-likeness (QED) is 0.610. The zero-order valence-corrected chi connectivity index (χ0v) is 11.7. The molecule has 1 aromatic carbocycles. The van der Waals surface area contributed by atoms with E-state index in [-0.39, 0.29) is 6.29 Å². The number of allylic oxidation sites excluding steroid dienone is 2. The van der Waals surface area contributed by atoms with Crippen molar-refractivity contribution >= 4 is 17.5 Å². The average molecular weight is 261 g/mol. The van der Waals surface area contributed by atoms with Crippen LogP contribution >= 0.6 is 0 Å². The number of carbonyl (C=O) groups is 1. The highest BCUT2D eigenvalue weighted by molar-refractivity contribution is 5.85. The first-order valence-corrected chi connectivity index (χ1v) is 6.76. The molecule has 1 aliphatic heterocycles. The van der Waals surface area contributed by atoms with Crippen molar-refractivity contribution in [1.29, 1.82) is 0 Å². The van der Waals surface area contributed by atoms with Crippen LogP contribution in [0.2, 0.25) is 0 Å². The molecule has 2 rings (SSSR count). The van der Waals surface area contributed by atoms with Crippen molar-refractivity contribution in [1.82, 2.24) is 0 Å². The average Bonchev–Trinajstić information content (AvgIpc) is 2.44. The molecule has 0 aromatic heterocycles. The Balaban J connectivity index is 2.42.